The average Bonchev–Trinajstić information content (AvgIpc) is 3.08. The fourth-order valence-corrected chi connectivity index (χ4v) is 5.03. The van der Waals surface area contributed by atoms with E-state index in [4.69, 9.17) is 0 Å². The molecule has 5 rings (SSSR count). The molecule has 1 aliphatic heterocycles. The number of halogens is 3. The molecule has 3 N–H and O–H groups in total. The van der Waals surface area contributed by atoms with E-state index in [1.165, 1.54) is 37.6 Å². The minimum Gasteiger partial charge on any atom is -0.353 e. The maximum Gasteiger partial charge on any atom is 0.434 e. The van der Waals surface area contributed by atoms with Gasteiger partial charge in [-0.1, -0.05) is 11.8 Å². The molecule has 30 heavy (non-hydrogen) atoms. The third-order valence-electron chi connectivity index (χ3n) is 5.72. The number of rotatable bonds is 4. The zero-order valence-corrected chi connectivity index (χ0v) is 16.8. The molecular formula is C19H20F3N7S. The van der Waals surface area contributed by atoms with E-state index in [2.05, 4.69) is 35.6 Å². The second kappa shape index (κ2) is 7.38. The number of alkyl halides is 3. The van der Waals surface area contributed by atoms with Crippen LogP contribution in [-0.2, 0) is 6.18 Å². The molecule has 0 aromatic carbocycles. The Balaban J connectivity index is 1.34. The standard InChI is InChI=1S/C19H20F3N7S/c20-19(21,22)14-12(3-1-7-23-14)30-13-10-24-15-16(27-13)29-17(28-15)26-11-4-8-25-18(9-11)5-2-6-18/h1,3,7,10-11,25H,2,4-6,8-9H2,(H2,24,26,27,28,29). The van der Waals surface area contributed by atoms with Crippen molar-refractivity contribution in [3.8, 4) is 0 Å². The van der Waals surface area contributed by atoms with Gasteiger partial charge in [0, 0.05) is 22.7 Å². The molecule has 1 aliphatic carbocycles. The van der Waals surface area contributed by atoms with Gasteiger partial charge in [-0.05, 0) is 50.8 Å². The van der Waals surface area contributed by atoms with Gasteiger partial charge in [0.25, 0.3) is 0 Å². The van der Waals surface area contributed by atoms with Crippen molar-refractivity contribution < 1.29 is 13.2 Å². The molecule has 0 amide bonds. The topological polar surface area (TPSA) is 91.4 Å². The van der Waals surface area contributed by atoms with Crippen LogP contribution in [0.1, 0.15) is 37.8 Å². The second-order valence-corrected chi connectivity index (χ2v) is 8.87. The molecule has 0 radical (unpaired) electrons. The third-order valence-corrected chi connectivity index (χ3v) is 6.68. The summed E-state index contributed by atoms with van der Waals surface area (Å²) in [6, 6.07) is 3.15. The van der Waals surface area contributed by atoms with Crippen LogP contribution in [0.3, 0.4) is 0 Å². The summed E-state index contributed by atoms with van der Waals surface area (Å²) < 4.78 is 39.5. The Bertz CT molecular complexity index is 1060. The van der Waals surface area contributed by atoms with Gasteiger partial charge in [0.05, 0.1) is 6.20 Å². The van der Waals surface area contributed by atoms with Gasteiger partial charge < -0.3 is 15.6 Å². The largest absolute Gasteiger partial charge is 0.434 e. The lowest BCUT2D eigenvalue weighted by Crippen LogP contribution is -2.58. The highest BCUT2D eigenvalue weighted by Gasteiger charge is 2.41. The lowest BCUT2D eigenvalue weighted by molar-refractivity contribution is -0.143. The number of imidazole rings is 1. The Morgan fingerprint density at radius 2 is 2.07 bits per heavy atom. The highest BCUT2D eigenvalue weighted by Crippen LogP contribution is 2.39. The minimum atomic E-state index is -4.53. The normalized spacial score (nSPS) is 21.0. The molecule has 7 nitrogen and oxygen atoms in total. The predicted octanol–water partition coefficient (Wildman–Crippen LogP) is 4.00. The number of pyridine rings is 1. The smallest absolute Gasteiger partial charge is 0.353 e. The Labute approximate surface area is 174 Å². The number of anilines is 1. The molecule has 3 aromatic rings. The summed E-state index contributed by atoms with van der Waals surface area (Å²) in [4.78, 5) is 19.7. The van der Waals surface area contributed by atoms with Crippen LogP contribution in [0.15, 0.2) is 34.4 Å². The Morgan fingerprint density at radius 3 is 2.83 bits per heavy atom. The van der Waals surface area contributed by atoms with E-state index in [9.17, 15) is 13.2 Å². The number of nitrogens with one attached hydrogen (secondary N) is 3. The fourth-order valence-electron chi connectivity index (χ4n) is 4.15. The van der Waals surface area contributed by atoms with Crippen LogP contribution in [-0.4, -0.2) is 43.0 Å². The van der Waals surface area contributed by atoms with Crippen molar-refractivity contribution in [3.63, 3.8) is 0 Å². The SMILES string of the molecule is FC(F)(F)c1ncccc1Sc1cnc2nc(NC3CCNC4(CCC4)C3)[nH]c2n1. The first kappa shape index (κ1) is 19.6. The molecule has 4 heterocycles. The molecule has 0 bridgehead atoms. The first-order valence-corrected chi connectivity index (χ1v) is 10.7. The number of fused-ring (bicyclic) bond motifs is 1. The molecule has 1 saturated heterocycles. The third kappa shape index (κ3) is 3.83. The van der Waals surface area contributed by atoms with Gasteiger partial charge >= 0.3 is 6.18 Å². The van der Waals surface area contributed by atoms with E-state index >= 15 is 0 Å². The fraction of sp³-hybridized carbons (Fsp3) is 0.474. The number of hydrogen-bond acceptors (Lipinski definition) is 7. The second-order valence-electron chi connectivity index (χ2n) is 7.81. The number of aromatic nitrogens is 5. The Morgan fingerprint density at radius 1 is 1.20 bits per heavy atom. The first-order chi connectivity index (χ1) is 14.4. The lowest BCUT2D eigenvalue weighted by atomic mass is 9.70. The number of hydrogen-bond donors (Lipinski definition) is 3. The molecule has 3 aromatic heterocycles. The van der Waals surface area contributed by atoms with Crippen molar-refractivity contribution in [2.75, 3.05) is 11.9 Å². The lowest BCUT2D eigenvalue weighted by Gasteiger charge is -2.48. The Hall–Kier alpha value is -2.40. The van der Waals surface area contributed by atoms with Crippen LogP contribution in [0, 0.1) is 0 Å². The van der Waals surface area contributed by atoms with E-state index in [-0.39, 0.29) is 10.4 Å². The zero-order chi connectivity index (χ0) is 20.8. The van der Waals surface area contributed by atoms with E-state index in [1.807, 2.05) is 0 Å². The summed E-state index contributed by atoms with van der Waals surface area (Å²) >= 11 is 0.879. The summed E-state index contributed by atoms with van der Waals surface area (Å²) in [7, 11) is 0. The maximum absolute atomic E-state index is 13.2. The average molecular weight is 435 g/mol. The van der Waals surface area contributed by atoms with Gasteiger partial charge in [-0.3, -0.25) is 4.98 Å². The molecule has 1 spiro atoms. The van der Waals surface area contributed by atoms with E-state index in [0.29, 0.717) is 28.3 Å². The van der Waals surface area contributed by atoms with Crippen LogP contribution >= 0.6 is 11.8 Å². The molecule has 2 fully saturated rings. The first-order valence-electron chi connectivity index (χ1n) is 9.85. The number of H-pyrrole nitrogens is 1. The van der Waals surface area contributed by atoms with Gasteiger partial charge in [0.15, 0.2) is 17.0 Å². The molecule has 1 saturated carbocycles. The van der Waals surface area contributed by atoms with Crippen LogP contribution < -0.4 is 10.6 Å². The molecule has 158 valence electrons. The monoisotopic (exact) mass is 435 g/mol. The molecule has 1 atom stereocenters. The van der Waals surface area contributed by atoms with Crippen molar-refractivity contribution in [3.05, 3.63) is 30.2 Å². The summed E-state index contributed by atoms with van der Waals surface area (Å²) in [6.45, 7) is 0.974. The number of aromatic amines is 1. The summed E-state index contributed by atoms with van der Waals surface area (Å²) in [6.07, 6.45) is 3.77. The van der Waals surface area contributed by atoms with Gasteiger partial charge in [0.1, 0.15) is 5.03 Å². The van der Waals surface area contributed by atoms with Crippen LogP contribution in [0.4, 0.5) is 19.1 Å². The predicted molar refractivity (Wildman–Crippen MR) is 106 cm³/mol. The summed E-state index contributed by atoms with van der Waals surface area (Å²) in [5.74, 6) is 0.589. The zero-order valence-electron chi connectivity index (χ0n) is 16.0. The van der Waals surface area contributed by atoms with Crippen molar-refractivity contribution in [1.82, 2.24) is 30.2 Å². The Kier molecular flexibility index (Phi) is 4.81. The number of piperidine rings is 1. The number of nitrogens with zero attached hydrogens (tertiary/aromatic N) is 4. The maximum atomic E-state index is 13.2. The molecule has 11 heteroatoms. The minimum absolute atomic E-state index is 0.0167. The van der Waals surface area contributed by atoms with E-state index in [0.717, 1.165) is 37.3 Å². The summed E-state index contributed by atoms with van der Waals surface area (Å²) in [5.41, 5.74) is 0.200. The molecule has 2 aliphatic rings. The molecule has 1 unspecified atom stereocenters. The van der Waals surface area contributed by atoms with E-state index in [1.54, 1.807) is 0 Å². The highest BCUT2D eigenvalue weighted by atomic mass is 32.2. The quantitative estimate of drug-likeness (QED) is 0.570. The van der Waals surface area contributed by atoms with Crippen molar-refractivity contribution in [2.24, 2.45) is 0 Å². The summed E-state index contributed by atoms with van der Waals surface area (Å²) in [5, 5.41) is 7.42. The molecular weight excluding hydrogens is 415 g/mol. The van der Waals surface area contributed by atoms with Crippen LogP contribution in [0.5, 0.6) is 0 Å². The van der Waals surface area contributed by atoms with Crippen LogP contribution in [0.25, 0.3) is 11.3 Å². The highest BCUT2D eigenvalue weighted by molar-refractivity contribution is 7.99. The van der Waals surface area contributed by atoms with Crippen molar-refractivity contribution in [1.29, 1.82) is 0 Å². The van der Waals surface area contributed by atoms with Gasteiger partial charge in [-0.2, -0.15) is 18.2 Å². The van der Waals surface area contributed by atoms with Gasteiger partial charge in [0.2, 0.25) is 5.95 Å². The van der Waals surface area contributed by atoms with Gasteiger partial charge in [-0.15, -0.1) is 0 Å². The van der Waals surface area contributed by atoms with E-state index < -0.39 is 11.9 Å². The van der Waals surface area contributed by atoms with Crippen molar-refractivity contribution in [2.45, 2.75) is 59.8 Å². The van der Waals surface area contributed by atoms with Crippen LogP contribution in [0.2, 0.25) is 0 Å². The van der Waals surface area contributed by atoms with Crippen molar-refractivity contribution >= 4 is 29.0 Å². The van der Waals surface area contributed by atoms with Gasteiger partial charge in [-0.25, -0.2) is 9.97 Å².